The molecule has 5 N–H and O–H groups in total. The van der Waals surface area contributed by atoms with Gasteiger partial charge >= 0.3 is 10.3 Å². The fraction of sp³-hybridized carbons (Fsp3) is 0.562. The van der Waals surface area contributed by atoms with Gasteiger partial charge in [-0.2, -0.15) is 8.42 Å². The number of hydrogen-bond donors (Lipinski definition) is 4. The summed E-state index contributed by atoms with van der Waals surface area (Å²) in [5.41, 5.74) is 11.2. The Balaban J connectivity index is 2.46. The molecule has 0 bridgehead atoms. The Morgan fingerprint density at radius 1 is 0.786 bits per heavy atom. The van der Waals surface area contributed by atoms with Crippen LogP contribution in [0.4, 0.5) is 5.69 Å². The molecule has 0 aliphatic rings. The monoisotopic (exact) mass is 603 g/mol. The molecule has 2 aromatic carbocycles. The quantitative estimate of drug-likeness (QED) is 0.235. The molecule has 0 aliphatic carbocycles. The minimum Gasteiger partial charge on any atom is -0.394 e. The smallest absolute Gasteiger partial charge is 0.394 e. The minimum atomic E-state index is -4.55. The van der Waals surface area contributed by atoms with Crippen molar-refractivity contribution < 1.29 is 27.3 Å². The standard InChI is InChI=1S/C32H49N3O6S/c1-17(2)22-11-24(18(3)4)28(25(12-22)19(5)6)15-30(37)35-42(39,40)41-31-26(20(7)8)13-23(14-27(31)21(9)10)34-32(38)29(33)16-36/h11-14,17-21,29,36H,15-16,33H2,1-10H3,(H,34,38)(H,35,37). The molecule has 0 saturated heterocycles. The topological polar surface area (TPSA) is 148 Å². The van der Waals surface area contributed by atoms with Gasteiger partial charge in [0.1, 0.15) is 6.04 Å². The van der Waals surface area contributed by atoms with Crippen LogP contribution in [0, 0.1) is 0 Å². The highest BCUT2D eigenvalue weighted by atomic mass is 32.2. The largest absolute Gasteiger partial charge is 0.409 e. The molecule has 0 saturated carbocycles. The molecule has 2 amide bonds. The summed E-state index contributed by atoms with van der Waals surface area (Å²) in [7, 11) is -4.55. The number of anilines is 1. The zero-order valence-electron chi connectivity index (χ0n) is 26.7. The van der Waals surface area contributed by atoms with Crippen LogP contribution in [-0.4, -0.2) is 38.0 Å². The van der Waals surface area contributed by atoms with E-state index in [1.165, 1.54) is 5.56 Å². The van der Waals surface area contributed by atoms with Gasteiger partial charge in [0.25, 0.3) is 0 Å². The third-order valence-corrected chi connectivity index (χ3v) is 8.08. The first-order chi connectivity index (χ1) is 19.4. The first-order valence-electron chi connectivity index (χ1n) is 14.6. The summed E-state index contributed by atoms with van der Waals surface area (Å²) in [4.78, 5) is 25.5. The van der Waals surface area contributed by atoms with Crippen LogP contribution in [0.2, 0.25) is 0 Å². The van der Waals surface area contributed by atoms with Crippen molar-refractivity contribution in [1.29, 1.82) is 0 Å². The number of aliphatic hydroxyl groups excluding tert-OH is 1. The molecule has 2 rings (SSSR count). The van der Waals surface area contributed by atoms with Gasteiger partial charge in [0.2, 0.25) is 11.8 Å². The van der Waals surface area contributed by atoms with E-state index in [0.717, 1.165) is 16.7 Å². The zero-order valence-corrected chi connectivity index (χ0v) is 27.5. The predicted molar refractivity (Wildman–Crippen MR) is 168 cm³/mol. The lowest BCUT2D eigenvalue weighted by Crippen LogP contribution is -2.38. The minimum absolute atomic E-state index is 0.105. The van der Waals surface area contributed by atoms with E-state index < -0.39 is 34.8 Å². The second-order valence-corrected chi connectivity index (χ2v) is 13.7. The Morgan fingerprint density at radius 2 is 1.24 bits per heavy atom. The first-order valence-corrected chi connectivity index (χ1v) is 16.1. The fourth-order valence-electron chi connectivity index (χ4n) is 4.79. The molecule has 2 aromatic rings. The Morgan fingerprint density at radius 3 is 1.62 bits per heavy atom. The molecule has 0 fully saturated rings. The van der Waals surface area contributed by atoms with E-state index in [2.05, 4.69) is 63.7 Å². The van der Waals surface area contributed by atoms with E-state index in [1.54, 1.807) is 12.1 Å². The van der Waals surface area contributed by atoms with Gasteiger partial charge in [-0.1, -0.05) is 81.4 Å². The van der Waals surface area contributed by atoms with Crippen molar-refractivity contribution in [2.24, 2.45) is 5.73 Å². The Labute approximate surface area is 251 Å². The third kappa shape index (κ3) is 9.02. The van der Waals surface area contributed by atoms with Crippen molar-refractivity contribution in [3.05, 3.63) is 57.6 Å². The van der Waals surface area contributed by atoms with Crippen molar-refractivity contribution >= 4 is 27.8 Å². The van der Waals surface area contributed by atoms with Crippen LogP contribution >= 0.6 is 0 Å². The molecule has 234 valence electrons. The maximum Gasteiger partial charge on any atom is 0.409 e. The molecule has 1 atom stereocenters. The number of benzene rings is 2. The van der Waals surface area contributed by atoms with E-state index in [0.29, 0.717) is 22.7 Å². The van der Waals surface area contributed by atoms with Crippen molar-refractivity contribution in [2.75, 3.05) is 11.9 Å². The van der Waals surface area contributed by atoms with E-state index in [-0.39, 0.29) is 35.8 Å². The van der Waals surface area contributed by atoms with Crippen LogP contribution in [0.3, 0.4) is 0 Å². The number of nitrogens with one attached hydrogen (secondary N) is 2. The summed E-state index contributed by atoms with van der Waals surface area (Å²) in [6.45, 7) is 19.5. The van der Waals surface area contributed by atoms with Gasteiger partial charge in [-0.25, -0.2) is 4.72 Å². The highest BCUT2D eigenvalue weighted by molar-refractivity contribution is 7.85. The molecule has 42 heavy (non-hydrogen) atoms. The van der Waals surface area contributed by atoms with Crippen LogP contribution in [0.1, 0.15) is 132 Å². The summed E-state index contributed by atoms with van der Waals surface area (Å²) in [6, 6.07) is 6.37. The van der Waals surface area contributed by atoms with Gasteiger partial charge in [0, 0.05) is 16.8 Å². The van der Waals surface area contributed by atoms with E-state index in [9.17, 15) is 23.1 Å². The average Bonchev–Trinajstić information content (AvgIpc) is 2.87. The van der Waals surface area contributed by atoms with Crippen LogP contribution in [0.25, 0.3) is 0 Å². The number of aliphatic hydroxyl groups is 1. The maximum atomic E-state index is 13.3. The highest BCUT2D eigenvalue weighted by Gasteiger charge is 2.27. The SMILES string of the molecule is CC(C)c1cc(C(C)C)c(CC(=O)NS(=O)(=O)Oc2c(C(C)C)cc(NC(=O)C(N)CO)cc2C(C)C)c(C(C)C)c1. The molecule has 0 heterocycles. The van der Waals surface area contributed by atoms with Crippen molar-refractivity contribution in [3.8, 4) is 5.75 Å². The fourth-order valence-corrected chi connectivity index (χ4v) is 5.60. The van der Waals surface area contributed by atoms with Gasteiger partial charge < -0.3 is 20.3 Å². The van der Waals surface area contributed by atoms with Gasteiger partial charge in [0.15, 0.2) is 5.75 Å². The third-order valence-electron chi connectivity index (χ3n) is 7.21. The number of nitrogens with two attached hydrogens (primary N) is 1. The predicted octanol–water partition coefficient (Wildman–Crippen LogP) is 5.54. The van der Waals surface area contributed by atoms with Crippen molar-refractivity contribution in [3.63, 3.8) is 0 Å². The second kappa shape index (κ2) is 14.5. The lowest BCUT2D eigenvalue weighted by Gasteiger charge is -2.23. The van der Waals surface area contributed by atoms with Crippen molar-refractivity contribution in [2.45, 2.75) is 111 Å². The lowest BCUT2D eigenvalue weighted by atomic mass is 9.83. The number of rotatable bonds is 13. The molecule has 0 radical (unpaired) electrons. The summed E-state index contributed by atoms with van der Waals surface area (Å²) in [5, 5.41) is 11.9. The summed E-state index contributed by atoms with van der Waals surface area (Å²) < 4.78 is 34.2. The number of amides is 2. The number of carbonyl (C=O) groups is 2. The van der Waals surface area contributed by atoms with Crippen molar-refractivity contribution in [1.82, 2.24) is 4.72 Å². The van der Waals surface area contributed by atoms with E-state index in [4.69, 9.17) is 9.92 Å². The molecule has 0 spiro atoms. The average molecular weight is 604 g/mol. The van der Waals surface area contributed by atoms with Gasteiger partial charge in [0.05, 0.1) is 13.0 Å². The van der Waals surface area contributed by atoms with Gasteiger partial charge in [-0.3, -0.25) is 9.59 Å². The number of hydrogen-bond acceptors (Lipinski definition) is 7. The highest BCUT2D eigenvalue weighted by Crippen LogP contribution is 2.38. The Kier molecular flexibility index (Phi) is 12.2. The molecule has 10 heteroatoms. The summed E-state index contributed by atoms with van der Waals surface area (Å²) in [6.07, 6.45) is -0.105. The molecule has 0 aromatic heterocycles. The Hall–Kier alpha value is -2.95. The van der Waals surface area contributed by atoms with Crippen LogP contribution in [0.5, 0.6) is 5.75 Å². The normalized spacial score (nSPS) is 12.9. The Bertz CT molecular complexity index is 1320. The second-order valence-electron chi connectivity index (χ2n) is 12.5. The van der Waals surface area contributed by atoms with Crippen LogP contribution in [-0.2, 0) is 26.3 Å². The molecular formula is C32H49N3O6S. The molecule has 1 unspecified atom stereocenters. The summed E-state index contributed by atoms with van der Waals surface area (Å²) >= 11 is 0. The molecule has 0 aliphatic heterocycles. The van der Waals surface area contributed by atoms with E-state index >= 15 is 0 Å². The lowest BCUT2D eigenvalue weighted by molar-refractivity contribution is -0.119. The first kappa shape index (κ1) is 35.2. The molecular weight excluding hydrogens is 554 g/mol. The van der Waals surface area contributed by atoms with E-state index in [1.807, 2.05) is 27.7 Å². The summed E-state index contributed by atoms with van der Waals surface area (Å²) in [5.74, 6) is -0.921. The number of carbonyl (C=O) groups excluding carboxylic acids is 2. The van der Waals surface area contributed by atoms with Crippen LogP contribution < -0.4 is 20.0 Å². The van der Waals surface area contributed by atoms with Gasteiger partial charge in [-0.15, -0.1) is 0 Å². The van der Waals surface area contributed by atoms with Gasteiger partial charge in [-0.05, 0) is 64.0 Å². The van der Waals surface area contributed by atoms with Crippen LogP contribution in [0.15, 0.2) is 24.3 Å². The maximum absolute atomic E-state index is 13.3. The zero-order chi connectivity index (χ0) is 32.1. The molecule has 9 nitrogen and oxygen atoms in total.